The molecule has 51 heavy (non-hydrogen) atoms. The summed E-state index contributed by atoms with van der Waals surface area (Å²) >= 11 is 1.94. The van der Waals surface area contributed by atoms with Gasteiger partial charge in [0.1, 0.15) is 11.2 Å². The summed E-state index contributed by atoms with van der Waals surface area (Å²) in [6.45, 7) is 0. The Bertz CT molecular complexity index is 3070. The zero-order valence-corrected chi connectivity index (χ0v) is 28.9. The van der Waals surface area contributed by atoms with Gasteiger partial charge in [0.15, 0.2) is 0 Å². The third-order valence-electron chi connectivity index (χ3n) is 12.2. The second-order valence-corrected chi connectivity index (χ2v) is 15.8. The first kappa shape index (κ1) is 28.1. The molecule has 10 aromatic rings. The summed E-state index contributed by atoms with van der Waals surface area (Å²) in [5.74, 6) is 0. The maximum atomic E-state index is 6.30. The molecule has 0 bridgehead atoms. The summed E-state index contributed by atoms with van der Waals surface area (Å²) in [7, 11) is 0. The lowest BCUT2D eigenvalue weighted by molar-refractivity contribution is 0.353. The van der Waals surface area contributed by atoms with Gasteiger partial charge < -0.3 is 8.98 Å². The highest BCUT2D eigenvalue weighted by molar-refractivity contribution is 7.25. The fourth-order valence-corrected chi connectivity index (χ4v) is 11.0. The van der Waals surface area contributed by atoms with E-state index >= 15 is 0 Å². The summed E-state index contributed by atoms with van der Waals surface area (Å²) in [5.41, 5.74) is 14.1. The SMILES string of the molecule is c1ccc2c(c1)-c1cc3sc4cc(-c5ccc6c(c5)c5ccccc5n6-c5ccc6c(c5)oc5ccccc56)ccc4c3cc1C21CCCCC1. The van der Waals surface area contributed by atoms with Crippen LogP contribution in [0.4, 0.5) is 0 Å². The van der Waals surface area contributed by atoms with Gasteiger partial charge >= 0.3 is 0 Å². The van der Waals surface area contributed by atoms with Crippen molar-refractivity contribution in [3.05, 3.63) is 151 Å². The Kier molecular flexibility index (Phi) is 5.63. The van der Waals surface area contributed by atoms with Gasteiger partial charge in [-0.25, -0.2) is 0 Å². The number of para-hydroxylation sites is 2. The first-order chi connectivity index (χ1) is 25.2. The number of rotatable bonds is 2. The average Bonchev–Trinajstić information content (AvgIpc) is 3.91. The standard InChI is InChI=1S/C48H33NOS/c1-8-22-48(23-9-1)40-13-5-2-10-32(40)37-28-47-39(27-41(37)48)36-19-16-30(25-46(36)51-47)29-17-21-43-38(24-29)33-11-3-6-14-42(33)49(43)31-18-20-35-34-12-4-7-15-44(34)50-45(35)26-31/h2-7,10-21,24-28H,1,8-9,22-23H2. The topological polar surface area (TPSA) is 18.1 Å². The smallest absolute Gasteiger partial charge is 0.137 e. The van der Waals surface area contributed by atoms with Gasteiger partial charge in [0.05, 0.1) is 11.0 Å². The summed E-state index contributed by atoms with van der Waals surface area (Å²) < 4.78 is 11.4. The second-order valence-electron chi connectivity index (χ2n) is 14.8. The van der Waals surface area contributed by atoms with Crippen molar-refractivity contribution in [2.45, 2.75) is 37.5 Å². The number of fused-ring (bicyclic) bond motifs is 14. The van der Waals surface area contributed by atoms with Crippen LogP contribution in [0.1, 0.15) is 43.2 Å². The normalized spacial score (nSPS) is 15.2. The van der Waals surface area contributed by atoms with Gasteiger partial charge in [-0.2, -0.15) is 0 Å². The van der Waals surface area contributed by atoms with E-state index in [0.717, 1.165) is 27.6 Å². The van der Waals surface area contributed by atoms with Gasteiger partial charge in [0.25, 0.3) is 0 Å². The Morgan fingerprint density at radius 2 is 1.20 bits per heavy atom. The van der Waals surface area contributed by atoms with E-state index < -0.39 is 0 Å². The number of benzene rings is 7. The van der Waals surface area contributed by atoms with E-state index in [9.17, 15) is 0 Å². The van der Waals surface area contributed by atoms with E-state index in [1.807, 2.05) is 23.5 Å². The number of hydrogen-bond donors (Lipinski definition) is 0. The Labute approximate surface area is 299 Å². The molecule has 3 aromatic heterocycles. The summed E-state index contributed by atoms with van der Waals surface area (Å²) in [6, 6.07) is 52.1. The van der Waals surface area contributed by atoms with E-state index in [1.165, 1.54) is 96.3 Å². The van der Waals surface area contributed by atoms with E-state index in [0.29, 0.717) is 0 Å². The second kappa shape index (κ2) is 10.2. The average molecular weight is 672 g/mol. The molecule has 1 spiro atoms. The zero-order chi connectivity index (χ0) is 33.3. The number of hydrogen-bond acceptors (Lipinski definition) is 2. The van der Waals surface area contributed by atoms with Crippen LogP contribution in [0.5, 0.6) is 0 Å². The van der Waals surface area contributed by atoms with Crippen molar-refractivity contribution in [1.29, 1.82) is 0 Å². The molecule has 0 aliphatic heterocycles. The predicted octanol–water partition coefficient (Wildman–Crippen LogP) is 13.9. The molecule has 1 fully saturated rings. The van der Waals surface area contributed by atoms with E-state index in [2.05, 4.69) is 132 Å². The lowest BCUT2D eigenvalue weighted by atomic mass is 9.68. The van der Waals surface area contributed by atoms with Crippen molar-refractivity contribution in [3.63, 3.8) is 0 Å². The third-order valence-corrected chi connectivity index (χ3v) is 13.3. The molecule has 2 aliphatic rings. The van der Waals surface area contributed by atoms with Crippen molar-refractivity contribution in [1.82, 2.24) is 4.57 Å². The lowest BCUT2D eigenvalue weighted by Gasteiger charge is -2.36. The molecular formula is C48H33NOS. The fourth-order valence-electron chi connectivity index (χ4n) is 9.88. The van der Waals surface area contributed by atoms with Gasteiger partial charge in [-0.1, -0.05) is 98.1 Å². The van der Waals surface area contributed by atoms with Crippen LogP contribution >= 0.6 is 11.3 Å². The van der Waals surface area contributed by atoms with Crippen molar-refractivity contribution >= 4 is 75.3 Å². The highest BCUT2D eigenvalue weighted by Crippen LogP contribution is 2.57. The van der Waals surface area contributed by atoms with Crippen LogP contribution in [-0.2, 0) is 5.41 Å². The van der Waals surface area contributed by atoms with Crippen LogP contribution < -0.4 is 0 Å². The molecule has 12 rings (SSSR count). The highest BCUT2D eigenvalue weighted by atomic mass is 32.1. The van der Waals surface area contributed by atoms with Crippen molar-refractivity contribution in [2.75, 3.05) is 0 Å². The maximum absolute atomic E-state index is 6.30. The van der Waals surface area contributed by atoms with E-state index in [4.69, 9.17) is 4.42 Å². The lowest BCUT2D eigenvalue weighted by Crippen LogP contribution is -2.27. The molecule has 2 aliphatic carbocycles. The van der Waals surface area contributed by atoms with Crippen LogP contribution in [0.2, 0.25) is 0 Å². The summed E-state index contributed by atoms with van der Waals surface area (Å²) in [4.78, 5) is 0. The first-order valence-electron chi connectivity index (χ1n) is 18.3. The zero-order valence-electron chi connectivity index (χ0n) is 28.1. The van der Waals surface area contributed by atoms with Gasteiger partial charge in [0.2, 0.25) is 0 Å². The van der Waals surface area contributed by atoms with Crippen molar-refractivity contribution < 1.29 is 4.42 Å². The Morgan fingerprint density at radius 1 is 0.471 bits per heavy atom. The van der Waals surface area contributed by atoms with Gasteiger partial charge in [-0.3, -0.25) is 0 Å². The minimum Gasteiger partial charge on any atom is -0.456 e. The van der Waals surface area contributed by atoms with E-state index in [-0.39, 0.29) is 5.41 Å². The molecule has 0 atom stereocenters. The maximum Gasteiger partial charge on any atom is 0.137 e. The van der Waals surface area contributed by atoms with Crippen molar-refractivity contribution in [3.8, 4) is 27.9 Å². The number of aromatic nitrogens is 1. The first-order valence-corrected chi connectivity index (χ1v) is 19.1. The molecule has 0 unspecified atom stereocenters. The quantitative estimate of drug-likeness (QED) is 0.179. The minimum absolute atomic E-state index is 0.180. The van der Waals surface area contributed by atoms with Gasteiger partial charge in [-0.15, -0.1) is 11.3 Å². The summed E-state index contributed by atoms with van der Waals surface area (Å²) in [6.07, 6.45) is 6.53. The van der Waals surface area contributed by atoms with E-state index in [1.54, 1.807) is 11.1 Å². The van der Waals surface area contributed by atoms with Crippen LogP contribution in [0.3, 0.4) is 0 Å². The number of furan rings is 1. The summed E-state index contributed by atoms with van der Waals surface area (Å²) in [5, 5.41) is 7.62. The van der Waals surface area contributed by atoms with Crippen LogP contribution in [0, 0.1) is 0 Å². The Balaban J connectivity index is 0.997. The predicted molar refractivity (Wildman–Crippen MR) is 216 cm³/mol. The highest BCUT2D eigenvalue weighted by Gasteiger charge is 2.43. The van der Waals surface area contributed by atoms with Gasteiger partial charge in [0, 0.05) is 58.9 Å². The number of thiophene rings is 1. The molecule has 0 saturated heterocycles. The minimum atomic E-state index is 0.180. The van der Waals surface area contributed by atoms with Crippen LogP contribution in [0.25, 0.3) is 91.9 Å². The Hall–Kier alpha value is -5.64. The molecule has 0 N–H and O–H groups in total. The number of nitrogens with zero attached hydrogens (tertiary/aromatic N) is 1. The molecule has 1 saturated carbocycles. The molecule has 3 heterocycles. The molecule has 7 aromatic carbocycles. The third kappa shape index (κ3) is 3.82. The largest absolute Gasteiger partial charge is 0.456 e. The molecule has 2 nitrogen and oxygen atoms in total. The van der Waals surface area contributed by atoms with Gasteiger partial charge in [-0.05, 0) is 101 Å². The Morgan fingerprint density at radius 3 is 2.14 bits per heavy atom. The molecular weight excluding hydrogens is 639 g/mol. The monoisotopic (exact) mass is 671 g/mol. The van der Waals surface area contributed by atoms with Crippen LogP contribution in [-0.4, -0.2) is 4.57 Å². The molecule has 0 radical (unpaired) electrons. The molecule has 0 amide bonds. The van der Waals surface area contributed by atoms with Crippen molar-refractivity contribution in [2.24, 2.45) is 0 Å². The molecule has 242 valence electrons. The van der Waals surface area contributed by atoms with Crippen LogP contribution in [0.15, 0.2) is 144 Å². The fraction of sp³-hybridized carbons (Fsp3) is 0.125. The molecule has 3 heteroatoms.